The topological polar surface area (TPSA) is 13.0 Å². The van der Waals surface area contributed by atoms with Crippen molar-refractivity contribution < 1.29 is 37.7 Å². The molecule has 0 saturated heterocycles. The fourth-order valence-electron chi connectivity index (χ4n) is 2.51. The second-order valence-corrected chi connectivity index (χ2v) is 21.9. The predicted octanol–water partition coefficient (Wildman–Crippen LogP) is -1.23. The SMILES string of the molecule is CN(C)CCN(C)C.CN(C)CCN(C)C.C[Si](C)(C)[CH-]c1ccccc1[CH-][Si](C)(C)C.[Li+].[Li+]. The molecule has 0 aliphatic rings. The van der Waals surface area contributed by atoms with Crippen LogP contribution in [0.2, 0.25) is 39.3 Å². The van der Waals surface area contributed by atoms with E-state index in [1.165, 1.54) is 11.1 Å². The third-order valence-electron chi connectivity index (χ3n) is 4.16. The van der Waals surface area contributed by atoms with Crippen LogP contribution in [-0.2, 0) is 0 Å². The number of nitrogens with zero attached hydrogens (tertiary/aromatic N) is 4. The van der Waals surface area contributed by atoms with E-state index < -0.39 is 16.1 Å². The second-order valence-electron chi connectivity index (χ2n) is 11.9. The molecular weight excluding hydrogens is 438 g/mol. The monoisotopic (exact) mass is 494 g/mol. The summed E-state index contributed by atoms with van der Waals surface area (Å²) in [6, 6.07) is 13.8. The maximum absolute atomic E-state index is 2.50. The standard InChI is InChI=1S/C14H24Si2.2C6H16N2.2Li/c1-15(2,3)11-13-9-7-8-10-14(13)12-16(4,5)6;2*1-7(2)5-6-8(3)4;;/h7-12H,1-6H3;2*5-6H2,1-4H3;;/q-2;;;2*+1. The van der Waals surface area contributed by atoms with Crippen LogP contribution in [-0.4, -0.2) is 118 Å². The Morgan fingerprint density at radius 2 is 0.706 bits per heavy atom. The second kappa shape index (κ2) is 21.5. The molecule has 0 aliphatic heterocycles. The summed E-state index contributed by atoms with van der Waals surface area (Å²) < 4.78 is 0. The molecule has 34 heavy (non-hydrogen) atoms. The van der Waals surface area contributed by atoms with Gasteiger partial charge < -0.3 is 19.6 Å². The summed E-state index contributed by atoms with van der Waals surface area (Å²) in [6.45, 7) is 18.9. The van der Waals surface area contributed by atoms with Crippen LogP contribution in [0.25, 0.3) is 0 Å². The quantitative estimate of drug-likeness (QED) is 0.298. The van der Waals surface area contributed by atoms with Gasteiger partial charge in [-0.25, -0.2) is 24.2 Å². The largest absolute Gasteiger partial charge is 1.00 e. The average molecular weight is 495 g/mol. The van der Waals surface area contributed by atoms with Gasteiger partial charge in [0.25, 0.3) is 0 Å². The summed E-state index contributed by atoms with van der Waals surface area (Å²) in [5.41, 5.74) is 2.87. The number of hydrogen-bond acceptors (Lipinski definition) is 4. The molecule has 0 fully saturated rings. The van der Waals surface area contributed by atoms with Crippen molar-refractivity contribution in [3.05, 3.63) is 47.5 Å². The zero-order valence-corrected chi connectivity index (χ0v) is 28.1. The Morgan fingerprint density at radius 1 is 0.500 bits per heavy atom. The first-order chi connectivity index (χ1) is 14.4. The van der Waals surface area contributed by atoms with Gasteiger partial charge in [-0.2, -0.15) is 0 Å². The minimum absolute atomic E-state index is 0. The Hall–Kier alpha value is 0.429. The summed E-state index contributed by atoms with van der Waals surface area (Å²) >= 11 is 0. The van der Waals surface area contributed by atoms with E-state index in [2.05, 4.69) is 152 Å². The molecule has 0 amide bonds. The summed E-state index contributed by atoms with van der Waals surface area (Å²) in [6.07, 6.45) is 0. The first-order valence-corrected chi connectivity index (χ1v) is 19.0. The molecule has 1 aromatic rings. The van der Waals surface area contributed by atoms with Crippen molar-refractivity contribution in [2.45, 2.75) is 39.3 Å². The molecule has 1 rings (SSSR count). The van der Waals surface area contributed by atoms with Crippen LogP contribution in [0.1, 0.15) is 11.1 Å². The molecule has 0 radical (unpaired) electrons. The van der Waals surface area contributed by atoms with E-state index in [4.69, 9.17) is 0 Å². The Labute approximate surface area is 241 Å². The number of rotatable bonds is 10. The van der Waals surface area contributed by atoms with E-state index in [1.54, 1.807) is 0 Å². The third-order valence-corrected chi connectivity index (χ3v) is 6.52. The molecule has 4 nitrogen and oxygen atoms in total. The molecular formula is C26H56Li2N4Si2. The maximum Gasteiger partial charge on any atom is 1.00 e. The maximum atomic E-state index is 2.50. The fraction of sp³-hybridized carbons (Fsp3) is 0.692. The van der Waals surface area contributed by atoms with Gasteiger partial charge in [-0.1, -0.05) is 39.3 Å². The van der Waals surface area contributed by atoms with E-state index in [-0.39, 0.29) is 37.7 Å². The van der Waals surface area contributed by atoms with Crippen molar-refractivity contribution in [3.63, 3.8) is 0 Å². The van der Waals surface area contributed by atoms with Gasteiger partial charge in [0, 0.05) is 26.2 Å². The smallest absolute Gasteiger partial charge is 0.308 e. The molecule has 0 bridgehead atoms. The first-order valence-electron chi connectivity index (χ1n) is 11.8. The number of hydrogen-bond donors (Lipinski definition) is 0. The Kier molecular flexibility index (Phi) is 26.3. The van der Waals surface area contributed by atoms with Gasteiger partial charge in [0.15, 0.2) is 0 Å². The molecule has 0 heterocycles. The van der Waals surface area contributed by atoms with E-state index in [9.17, 15) is 0 Å². The van der Waals surface area contributed by atoms with E-state index in [0.717, 1.165) is 26.2 Å². The van der Waals surface area contributed by atoms with Gasteiger partial charge in [-0.3, -0.25) is 11.1 Å². The summed E-state index contributed by atoms with van der Waals surface area (Å²) in [7, 11) is 14.4. The Morgan fingerprint density at radius 3 is 0.853 bits per heavy atom. The summed E-state index contributed by atoms with van der Waals surface area (Å²) in [5, 5.41) is 0. The van der Waals surface area contributed by atoms with Crippen LogP contribution in [0.4, 0.5) is 0 Å². The van der Waals surface area contributed by atoms with Gasteiger partial charge in [0.05, 0.1) is 0 Å². The molecule has 0 spiro atoms. The molecule has 0 N–H and O–H groups in total. The zero-order valence-electron chi connectivity index (χ0n) is 26.1. The van der Waals surface area contributed by atoms with Gasteiger partial charge in [-0.15, -0.1) is 12.1 Å². The van der Waals surface area contributed by atoms with Crippen molar-refractivity contribution in [3.8, 4) is 0 Å². The van der Waals surface area contributed by atoms with Crippen LogP contribution >= 0.6 is 0 Å². The summed E-state index contributed by atoms with van der Waals surface area (Å²) in [4.78, 5) is 8.72. The van der Waals surface area contributed by atoms with Crippen LogP contribution in [0.3, 0.4) is 0 Å². The molecule has 8 heteroatoms. The molecule has 1 aromatic carbocycles. The van der Waals surface area contributed by atoms with Crippen molar-refractivity contribution >= 4 is 16.1 Å². The Bertz CT molecular complexity index is 518. The van der Waals surface area contributed by atoms with Crippen molar-refractivity contribution in [1.29, 1.82) is 0 Å². The third kappa shape index (κ3) is 32.4. The molecule has 0 aromatic heterocycles. The fourth-order valence-corrected chi connectivity index (χ4v) is 4.90. The number of benzene rings is 1. The normalized spacial score (nSPS) is 11.1. The average Bonchev–Trinajstić information content (AvgIpc) is 2.59. The summed E-state index contributed by atoms with van der Waals surface area (Å²) in [5.74, 6) is 0. The Balaban J connectivity index is -0.000000214. The minimum Gasteiger partial charge on any atom is -0.308 e. The van der Waals surface area contributed by atoms with Gasteiger partial charge in [0.1, 0.15) is 0 Å². The zero-order chi connectivity index (χ0) is 25.5. The van der Waals surface area contributed by atoms with Crippen LogP contribution in [0, 0.1) is 12.1 Å². The van der Waals surface area contributed by atoms with Gasteiger partial charge in [0.2, 0.25) is 0 Å². The predicted molar refractivity (Wildman–Crippen MR) is 154 cm³/mol. The van der Waals surface area contributed by atoms with Crippen molar-refractivity contribution in [1.82, 2.24) is 19.6 Å². The van der Waals surface area contributed by atoms with Crippen molar-refractivity contribution in [2.24, 2.45) is 0 Å². The van der Waals surface area contributed by atoms with Gasteiger partial charge in [-0.05, 0) is 72.5 Å². The van der Waals surface area contributed by atoms with Crippen LogP contribution in [0.15, 0.2) is 24.3 Å². The van der Waals surface area contributed by atoms with E-state index in [1.807, 2.05) is 0 Å². The van der Waals surface area contributed by atoms with Crippen molar-refractivity contribution in [2.75, 3.05) is 82.6 Å². The first kappa shape index (κ1) is 41.6. The van der Waals surface area contributed by atoms with E-state index >= 15 is 0 Å². The molecule has 0 aliphatic carbocycles. The minimum atomic E-state index is -1.13. The number of likely N-dealkylation sites (N-methyl/N-ethyl adjacent to an activating group) is 4. The molecule has 0 unspecified atom stereocenters. The molecule has 0 atom stereocenters. The van der Waals surface area contributed by atoms with Crippen LogP contribution in [0.5, 0.6) is 0 Å². The van der Waals surface area contributed by atoms with Gasteiger partial charge >= 0.3 is 37.7 Å². The van der Waals surface area contributed by atoms with Crippen LogP contribution < -0.4 is 37.7 Å². The van der Waals surface area contributed by atoms with E-state index in [0.29, 0.717) is 0 Å². The molecule has 190 valence electrons. The molecule has 0 saturated carbocycles.